The van der Waals surface area contributed by atoms with E-state index in [9.17, 15) is 9.18 Å². The summed E-state index contributed by atoms with van der Waals surface area (Å²) in [7, 11) is 1.79. The van der Waals surface area contributed by atoms with Crippen molar-refractivity contribution in [3.8, 4) is 16.5 Å². The van der Waals surface area contributed by atoms with Crippen LogP contribution in [0.1, 0.15) is 38.2 Å². The molecule has 3 heterocycles. The number of benzene rings is 3. The molecule has 2 aromatic heterocycles. The van der Waals surface area contributed by atoms with Crippen molar-refractivity contribution in [1.82, 2.24) is 24.9 Å². The lowest BCUT2D eigenvalue weighted by Crippen LogP contribution is -2.41. The number of ether oxygens (including phenoxy) is 1. The highest BCUT2D eigenvalue weighted by Crippen LogP contribution is 2.40. The summed E-state index contributed by atoms with van der Waals surface area (Å²) in [6, 6.07) is 26.0. The van der Waals surface area contributed by atoms with E-state index in [0.717, 1.165) is 21.7 Å². The van der Waals surface area contributed by atoms with Gasteiger partial charge in [-0.05, 0) is 28.8 Å². The molecule has 0 N–H and O–H groups in total. The number of amides is 1. The molecule has 9 heteroatoms. The van der Waals surface area contributed by atoms with Crippen LogP contribution in [0.4, 0.5) is 4.39 Å². The standard InChI is InChI=1S/C29H24FN5O2S/c1-34-17-23(21-10-6-3-7-11-21)35-26(29(34)36)27(37-18-20-8-4-2-5-9-20)25(33-35)28-32-31-24(38-28)16-19-12-14-22(30)15-13-19/h2-15,23H,16-18H2,1H3/t23-/m1/s1. The molecule has 3 aromatic carbocycles. The predicted molar refractivity (Wildman–Crippen MR) is 143 cm³/mol. The van der Waals surface area contributed by atoms with Gasteiger partial charge in [0.25, 0.3) is 5.91 Å². The van der Waals surface area contributed by atoms with Crippen LogP contribution in [0.5, 0.6) is 5.75 Å². The van der Waals surface area contributed by atoms with Gasteiger partial charge >= 0.3 is 0 Å². The molecular formula is C29H24FN5O2S. The Morgan fingerprint density at radius 2 is 1.66 bits per heavy atom. The lowest BCUT2D eigenvalue weighted by atomic mass is 10.0. The van der Waals surface area contributed by atoms with E-state index in [2.05, 4.69) is 10.2 Å². The predicted octanol–water partition coefficient (Wildman–Crippen LogP) is 5.39. The van der Waals surface area contributed by atoms with E-state index in [0.29, 0.717) is 35.1 Å². The lowest BCUT2D eigenvalue weighted by molar-refractivity contribution is 0.0717. The molecule has 0 aliphatic carbocycles. The van der Waals surface area contributed by atoms with Crippen LogP contribution in [0.3, 0.4) is 0 Å². The normalized spacial score (nSPS) is 14.9. The molecule has 1 atom stereocenters. The minimum absolute atomic E-state index is 0.157. The summed E-state index contributed by atoms with van der Waals surface area (Å²) in [5, 5.41) is 15.0. The second-order valence-electron chi connectivity index (χ2n) is 9.16. The van der Waals surface area contributed by atoms with Gasteiger partial charge in [-0.2, -0.15) is 5.10 Å². The molecule has 1 amide bonds. The molecule has 7 nitrogen and oxygen atoms in total. The molecule has 0 radical (unpaired) electrons. The van der Waals surface area contributed by atoms with Gasteiger partial charge in [-0.3, -0.25) is 4.79 Å². The first kappa shape index (κ1) is 24.0. The largest absolute Gasteiger partial charge is 0.484 e. The number of hydrogen-bond acceptors (Lipinski definition) is 6. The number of rotatable bonds is 7. The zero-order chi connectivity index (χ0) is 26.1. The fourth-order valence-corrected chi connectivity index (χ4v) is 5.42. The maximum atomic E-state index is 13.5. The molecule has 0 bridgehead atoms. The van der Waals surface area contributed by atoms with Gasteiger partial charge in [0.2, 0.25) is 0 Å². The van der Waals surface area contributed by atoms with Gasteiger partial charge in [-0.15, -0.1) is 10.2 Å². The molecule has 6 rings (SSSR count). The molecule has 0 saturated carbocycles. The summed E-state index contributed by atoms with van der Waals surface area (Å²) in [5.41, 5.74) is 3.84. The average Bonchev–Trinajstić information content (AvgIpc) is 3.57. The number of likely N-dealkylation sites (N-methyl/N-ethyl adjacent to an activating group) is 1. The topological polar surface area (TPSA) is 73.1 Å². The third-order valence-electron chi connectivity index (χ3n) is 6.51. The van der Waals surface area contributed by atoms with Crippen molar-refractivity contribution in [2.45, 2.75) is 19.1 Å². The van der Waals surface area contributed by atoms with Gasteiger partial charge in [0.05, 0.1) is 6.04 Å². The van der Waals surface area contributed by atoms with Crippen LogP contribution < -0.4 is 4.74 Å². The summed E-state index contributed by atoms with van der Waals surface area (Å²) in [6.45, 7) is 0.766. The molecular weight excluding hydrogens is 501 g/mol. The van der Waals surface area contributed by atoms with Crippen molar-refractivity contribution in [1.29, 1.82) is 0 Å². The van der Waals surface area contributed by atoms with E-state index in [1.807, 2.05) is 60.7 Å². The summed E-state index contributed by atoms with van der Waals surface area (Å²) in [4.78, 5) is 15.2. The Morgan fingerprint density at radius 3 is 2.39 bits per heavy atom. The fraction of sp³-hybridized carbons (Fsp3) is 0.172. The Balaban J connectivity index is 1.42. The first-order valence-electron chi connectivity index (χ1n) is 12.2. The zero-order valence-electron chi connectivity index (χ0n) is 20.6. The van der Waals surface area contributed by atoms with E-state index in [-0.39, 0.29) is 24.4 Å². The number of carbonyl (C=O) groups excluding carboxylic acids is 1. The Hall–Kier alpha value is -4.37. The van der Waals surface area contributed by atoms with Gasteiger partial charge in [-0.25, -0.2) is 9.07 Å². The third-order valence-corrected chi connectivity index (χ3v) is 7.44. The molecule has 0 spiro atoms. The highest BCUT2D eigenvalue weighted by atomic mass is 32.1. The van der Waals surface area contributed by atoms with Crippen LogP contribution in [-0.4, -0.2) is 44.4 Å². The number of carbonyl (C=O) groups is 1. The van der Waals surface area contributed by atoms with Gasteiger partial charge in [0, 0.05) is 20.0 Å². The summed E-state index contributed by atoms with van der Waals surface area (Å²) in [6.07, 6.45) is 0.514. The molecule has 38 heavy (non-hydrogen) atoms. The van der Waals surface area contributed by atoms with Crippen LogP contribution in [0.2, 0.25) is 0 Å². The Morgan fingerprint density at radius 1 is 0.947 bits per heavy atom. The molecule has 190 valence electrons. The van der Waals surface area contributed by atoms with Crippen LogP contribution in [0, 0.1) is 5.82 Å². The summed E-state index contributed by atoms with van der Waals surface area (Å²) >= 11 is 1.39. The molecule has 1 aliphatic heterocycles. The third kappa shape index (κ3) is 4.68. The Labute approximate surface area is 223 Å². The van der Waals surface area contributed by atoms with Crippen molar-refractivity contribution >= 4 is 17.2 Å². The van der Waals surface area contributed by atoms with Gasteiger partial charge in [0.1, 0.15) is 17.4 Å². The van der Waals surface area contributed by atoms with Gasteiger partial charge < -0.3 is 9.64 Å². The maximum Gasteiger partial charge on any atom is 0.275 e. The summed E-state index contributed by atoms with van der Waals surface area (Å²) in [5.74, 6) is -0.0380. The minimum Gasteiger partial charge on any atom is -0.484 e. The van der Waals surface area contributed by atoms with Crippen molar-refractivity contribution in [3.63, 3.8) is 0 Å². The number of nitrogens with zero attached hydrogens (tertiary/aromatic N) is 5. The minimum atomic E-state index is -0.280. The lowest BCUT2D eigenvalue weighted by Gasteiger charge is -2.31. The monoisotopic (exact) mass is 525 g/mol. The van der Waals surface area contributed by atoms with E-state index in [1.54, 1.807) is 28.8 Å². The van der Waals surface area contributed by atoms with Crippen LogP contribution >= 0.6 is 11.3 Å². The molecule has 0 unspecified atom stereocenters. The van der Waals surface area contributed by atoms with Crippen molar-refractivity contribution in [2.75, 3.05) is 13.6 Å². The SMILES string of the molecule is CN1C[C@H](c2ccccc2)n2nc(-c3nnc(Cc4ccc(F)cc4)s3)c(OCc3ccccc3)c2C1=O. The van der Waals surface area contributed by atoms with Crippen molar-refractivity contribution in [3.05, 3.63) is 118 Å². The first-order valence-corrected chi connectivity index (χ1v) is 13.1. The van der Waals surface area contributed by atoms with Crippen molar-refractivity contribution in [2.24, 2.45) is 0 Å². The number of halogens is 1. The Kier molecular flexibility index (Phi) is 6.43. The quantitative estimate of drug-likeness (QED) is 0.285. The Bertz CT molecular complexity index is 1570. The van der Waals surface area contributed by atoms with E-state index < -0.39 is 0 Å². The van der Waals surface area contributed by atoms with Crippen molar-refractivity contribution < 1.29 is 13.9 Å². The average molecular weight is 526 g/mol. The van der Waals surface area contributed by atoms with Gasteiger partial charge in [0.15, 0.2) is 22.1 Å². The molecule has 1 aliphatic rings. The van der Waals surface area contributed by atoms with E-state index >= 15 is 0 Å². The second-order valence-corrected chi connectivity index (χ2v) is 10.2. The van der Waals surface area contributed by atoms with E-state index in [4.69, 9.17) is 9.84 Å². The van der Waals surface area contributed by atoms with E-state index in [1.165, 1.54) is 23.5 Å². The number of fused-ring (bicyclic) bond motifs is 1. The van der Waals surface area contributed by atoms with Gasteiger partial charge in [-0.1, -0.05) is 84.1 Å². The van der Waals surface area contributed by atoms with Crippen LogP contribution in [0.15, 0.2) is 84.9 Å². The second kappa shape index (κ2) is 10.2. The summed E-state index contributed by atoms with van der Waals surface area (Å²) < 4.78 is 21.4. The highest BCUT2D eigenvalue weighted by molar-refractivity contribution is 7.14. The molecule has 5 aromatic rings. The van der Waals surface area contributed by atoms with Crippen LogP contribution in [-0.2, 0) is 13.0 Å². The molecule has 0 saturated heterocycles. The molecule has 0 fully saturated rings. The number of aromatic nitrogens is 4. The number of hydrogen-bond donors (Lipinski definition) is 0. The maximum absolute atomic E-state index is 13.5. The smallest absolute Gasteiger partial charge is 0.275 e. The highest BCUT2D eigenvalue weighted by Gasteiger charge is 2.37. The fourth-order valence-electron chi connectivity index (χ4n) is 4.57. The zero-order valence-corrected chi connectivity index (χ0v) is 21.4. The van der Waals surface area contributed by atoms with Crippen LogP contribution in [0.25, 0.3) is 10.7 Å². The first-order chi connectivity index (χ1) is 18.6.